The molecule has 0 fully saturated rings. The van der Waals surface area contributed by atoms with Gasteiger partial charge >= 0.3 is 5.97 Å². The Morgan fingerprint density at radius 1 is 0.895 bits per heavy atom. The lowest BCUT2D eigenvalue weighted by Gasteiger charge is -2.06. The smallest absolute Gasteiger partial charge is 0.337 e. The van der Waals surface area contributed by atoms with E-state index >= 15 is 0 Å². The largest absolute Gasteiger partial charge is 0.465 e. The average Bonchev–Trinajstić information content (AvgIpc) is 2.45. The van der Waals surface area contributed by atoms with Gasteiger partial charge in [-0.3, -0.25) is 0 Å². The monoisotopic (exact) mass is 250 g/mol. The lowest BCUT2D eigenvalue weighted by atomic mass is 9.99. The van der Waals surface area contributed by atoms with Gasteiger partial charge in [-0.1, -0.05) is 42.0 Å². The van der Waals surface area contributed by atoms with Crippen molar-refractivity contribution >= 4 is 27.5 Å². The van der Waals surface area contributed by atoms with E-state index in [0.29, 0.717) is 5.56 Å². The van der Waals surface area contributed by atoms with Crippen LogP contribution in [-0.4, -0.2) is 13.1 Å². The van der Waals surface area contributed by atoms with Crippen LogP contribution in [0.2, 0.25) is 0 Å². The third kappa shape index (κ3) is 1.95. The van der Waals surface area contributed by atoms with E-state index in [-0.39, 0.29) is 5.97 Å². The fraction of sp³-hybridized carbons (Fsp3) is 0.118. The SMILES string of the molecule is COC(=O)c1ccc2c(ccc3ccc(C)cc32)c1. The molecule has 0 heterocycles. The maximum Gasteiger partial charge on any atom is 0.337 e. The van der Waals surface area contributed by atoms with Crippen LogP contribution in [0.1, 0.15) is 15.9 Å². The Balaban J connectivity index is 2.32. The maximum absolute atomic E-state index is 11.6. The van der Waals surface area contributed by atoms with Crippen LogP contribution in [0.4, 0.5) is 0 Å². The molecule has 3 rings (SSSR count). The molecule has 2 nitrogen and oxygen atoms in total. The zero-order valence-corrected chi connectivity index (χ0v) is 10.9. The van der Waals surface area contributed by atoms with Gasteiger partial charge in [0.1, 0.15) is 0 Å². The van der Waals surface area contributed by atoms with E-state index < -0.39 is 0 Å². The topological polar surface area (TPSA) is 26.3 Å². The molecule has 3 aromatic carbocycles. The second-order valence-corrected chi connectivity index (χ2v) is 4.72. The highest BCUT2D eigenvalue weighted by atomic mass is 16.5. The molecule has 0 unspecified atom stereocenters. The molecule has 0 aliphatic heterocycles. The van der Waals surface area contributed by atoms with Crippen LogP contribution in [-0.2, 0) is 4.74 Å². The molecule has 94 valence electrons. The number of methoxy groups -OCH3 is 1. The van der Waals surface area contributed by atoms with Gasteiger partial charge in [-0.2, -0.15) is 0 Å². The molecule has 0 amide bonds. The zero-order valence-electron chi connectivity index (χ0n) is 10.9. The van der Waals surface area contributed by atoms with Crippen LogP contribution in [0.3, 0.4) is 0 Å². The number of hydrogen-bond acceptors (Lipinski definition) is 2. The molecule has 0 spiro atoms. The molecule has 0 N–H and O–H groups in total. The van der Waals surface area contributed by atoms with Crippen LogP contribution in [0, 0.1) is 6.92 Å². The number of benzene rings is 3. The quantitative estimate of drug-likeness (QED) is 0.480. The van der Waals surface area contributed by atoms with Gasteiger partial charge in [-0.25, -0.2) is 4.79 Å². The van der Waals surface area contributed by atoms with Gasteiger partial charge in [-0.05, 0) is 40.6 Å². The number of carbonyl (C=O) groups excluding carboxylic acids is 1. The Morgan fingerprint density at radius 3 is 2.42 bits per heavy atom. The summed E-state index contributed by atoms with van der Waals surface area (Å²) in [6.07, 6.45) is 0. The number of rotatable bonds is 1. The molecule has 2 heteroatoms. The van der Waals surface area contributed by atoms with E-state index in [1.165, 1.54) is 23.4 Å². The van der Waals surface area contributed by atoms with E-state index in [2.05, 4.69) is 31.2 Å². The molecule has 3 aromatic rings. The van der Waals surface area contributed by atoms with Crippen LogP contribution in [0.5, 0.6) is 0 Å². The van der Waals surface area contributed by atoms with Crippen molar-refractivity contribution in [3.8, 4) is 0 Å². The van der Waals surface area contributed by atoms with E-state index in [9.17, 15) is 4.79 Å². The van der Waals surface area contributed by atoms with Gasteiger partial charge in [0.05, 0.1) is 12.7 Å². The lowest BCUT2D eigenvalue weighted by molar-refractivity contribution is 0.0601. The van der Waals surface area contributed by atoms with E-state index in [1.807, 2.05) is 24.3 Å². The van der Waals surface area contributed by atoms with Crippen molar-refractivity contribution in [3.05, 3.63) is 59.7 Å². The summed E-state index contributed by atoms with van der Waals surface area (Å²) in [5.74, 6) is -0.300. The van der Waals surface area contributed by atoms with Gasteiger partial charge in [0.25, 0.3) is 0 Å². The highest BCUT2D eigenvalue weighted by Gasteiger charge is 2.07. The second kappa shape index (κ2) is 4.39. The highest BCUT2D eigenvalue weighted by Crippen LogP contribution is 2.27. The summed E-state index contributed by atoms with van der Waals surface area (Å²) in [5, 5.41) is 4.65. The summed E-state index contributed by atoms with van der Waals surface area (Å²) < 4.78 is 4.75. The summed E-state index contributed by atoms with van der Waals surface area (Å²) in [5.41, 5.74) is 1.82. The predicted molar refractivity (Wildman–Crippen MR) is 77.5 cm³/mol. The standard InChI is InChI=1S/C17H14O2/c1-11-3-4-12-5-6-13-10-14(17(18)19-2)7-8-15(13)16(12)9-11/h3-10H,1-2H3. The van der Waals surface area contributed by atoms with Gasteiger partial charge in [-0.15, -0.1) is 0 Å². The minimum Gasteiger partial charge on any atom is -0.465 e. The molecular formula is C17H14O2. The van der Waals surface area contributed by atoms with Crippen molar-refractivity contribution in [2.75, 3.05) is 7.11 Å². The van der Waals surface area contributed by atoms with Gasteiger partial charge in [0.15, 0.2) is 0 Å². The van der Waals surface area contributed by atoms with Crippen LogP contribution >= 0.6 is 0 Å². The van der Waals surface area contributed by atoms with Crippen molar-refractivity contribution in [1.29, 1.82) is 0 Å². The molecule has 0 bridgehead atoms. The predicted octanol–water partition coefficient (Wildman–Crippen LogP) is 4.09. The van der Waals surface area contributed by atoms with Gasteiger partial charge in [0, 0.05) is 0 Å². The first-order chi connectivity index (χ1) is 9.19. The van der Waals surface area contributed by atoms with Crippen LogP contribution in [0.25, 0.3) is 21.5 Å². The minimum absolute atomic E-state index is 0.300. The fourth-order valence-corrected chi connectivity index (χ4v) is 2.42. The van der Waals surface area contributed by atoms with Crippen LogP contribution < -0.4 is 0 Å². The minimum atomic E-state index is -0.300. The Bertz CT molecular complexity index is 788. The van der Waals surface area contributed by atoms with E-state index in [1.54, 1.807) is 0 Å². The number of carbonyl (C=O) groups is 1. The molecule has 19 heavy (non-hydrogen) atoms. The lowest BCUT2D eigenvalue weighted by Crippen LogP contribution is -2.00. The molecule has 0 aliphatic carbocycles. The molecule has 0 radical (unpaired) electrons. The fourth-order valence-electron chi connectivity index (χ4n) is 2.42. The first-order valence-corrected chi connectivity index (χ1v) is 6.20. The Hall–Kier alpha value is -2.35. The maximum atomic E-state index is 11.6. The highest BCUT2D eigenvalue weighted by molar-refractivity contribution is 6.09. The average molecular weight is 250 g/mol. The summed E-state index contributed by atoms with van der Waals surface area (Å²) in [4.78, 5) is 11.6. The molecule has 0 aromatic heterocycles. The Labute approximate surface area is 111 Å². The van der Waals surface area contributed by atoms with Crippen molar-refractivity contribution < 1.29 is 9.53 Å². The van der Waals surface area contributed by atoms with Crippen molar-refractivity contribution in [2.24, 2.45) is 0 Å². The Morgan fingerprint density at radius 2 is 1.63 bits per heavy atom. The molecule has 0 saturated carbocycles. The first kappa shape index (κ1) is 11.7. The molecule has 0 aliphatic rings. The number of aryl methyl sites for hydroxylation is 1. The normalized spacial score (nSPS) is 10.8. The summed E-state index contributed by atoms with van der Waals surface area (Å²) in [6, 6.07) is 16.2. The summed E-state index contributed by atoms with van der Waals surface area (Å²) >= 11 is 0. The molecule has 0 atom stereocenters. The summed E-state index contributed by atoms with van der Waals surface area (Å²) in [7, 11) is 1.40. The van der Waals surface area contributed by atoms with Crippen LogP contribution in [0.15, 0.2) is 48.5 Å². The second-order valence-electron chi connectivity index (χ2n) is 4.72. The number of fused-ring (bicyclic) bond motifs is 3. The van der Waals surface area contributed by atoms with Crippen molar-refractivity contribution in [1.82, 2.24) is 0 Å². The third-order valence-electron chi connectivity index (χ3n) is 3.41. The van der Waals surface area contributed by atoms with E-state index in [0.717, 1.165) is 10.8 Å². The Kier molecular flexibility index (Phi) is 2.71. The number of esters is 1. The van der Waals surface area contributed by atoms with Gasteiger partial charge < -0.3 is 4.74 Å². The van der Waals surface area contributed by atoms with Crippen molar-refractivity contribution in [3.63, 3.8) is 0 Å². The van der Waals surface area contributed by atoms with E-state index in [4.69, 9.17) is 4.74 Å². The molecular weight excluding hydrogens is 236 g/mol. The zero-order chi connectivity index (χ0) is 13.4. The van der Waals surface area contributed by atoms with Crippen molar-refractivity contribution in [2.45, 2.75) is 6.92 Å². The number of ether oxygens (including phenoxy) is 1. The number of hydrogen-bond donors (Lipinski definition) is 0. The molecule has 0 saturated heterocycles. The summed E-state index contributed by atoms with van der Waals surface area (Å²) in [6.45, 7) is 2.08. The van der Waals surface area contributed by atoms with Gasteiger partial charge in [0.2, 0.25) is 0 Å². The third-order valence-corrected chi connectivity index (χ3v) is 3.41. The first-order valence-electron chi connectivity index (χ1n) is 6.20.